The average molecular weight is 570 g/mol. The summed E-state index contributed by atoms with van der Waals surface area (Å²) >= 11 is 0. The van der Waals surface area contributed by atoms with Crippen LogP contribution in [0.2, 0.25) is 0 Å². The quantitative estimate of drug-likeness (QED) is 0.167. The van der Waals surface area contributed by atoms with Crippen molar-refractivity contribution in [3.05, 3.63) is 136 Å². The van der Waals surface area contributed by atoms with E-state index in [0.29, 0.717) is 5.92 Å². The molecule has 30 heavy (non-hydrogen) atoms. The van der Waals surface area contributed by atoms with Gasteiger partial charge >= 0.3 is 0 Å². The Bertz CT molecular complexity index is 818. The second-order valence-corrected chi connectivity index (χ2v) is 6.17. The molecule has 0 unspecified atom stereocenters. The van der Waals surface area contributed by atoms with Gasteiger partial charge in [-0.25, -0.2) is 12.1 Å². The second-order valence-electron chi connectivity index (χ2n) is 6.17. The first-order valence-electron chi connectivity index (χ1n) is 7.98. The largest absolute Gasteiger partial charge is 0.358 e. The van der Waals surface area contributed by atoms with E-state index in [4.69, 9.17) is 0 Å². The van der Waals surface area contributed by atoms with Crippen molar-refractivity contribution in [1.29, 1.82) is 0 Å². The van der Waals surface area contributed by atoms with Crippen molar-refractivity contribution >= 4 is 21.5 Å². The Kier molecular flexibility index (Phi) is 29.5. The molecule has 0 saturated carbocycles. The van der Waals surface area contributed by atoms with Gasteiger partial charge < -0.3 is 52.0 Å². The van der Waals surface area contributed by atoms with Crippen molar-refractivity contribution in [1.82, 2.24) is 0 Å². The van der Waals surface area contributed by atoms with Crippen molar-refractivity contribution in [2.75, 3.05) is 0 Å². The van der Waals surface area contributed by atoms with E-state index in [1.165, 1.54) is 27.1 Å². The summed E-state index contributed by atoms with van der Waals surface area (Å²) in [6.45, 7) is 4.56. The van der Waals surface area contributed by atoms with Crippen LogP contribution < -0.4 is 0 Å². The van der Waals surface area contributed by atoms with Crippen molar-refractivity contribution in [3.8, 4) is 0 Å². The first-order valence-corrected chi connectivity index (χ1v) is 7.98. The maximum atomic E-state index is 2.29. The molecule has 4 aromatic carbocycles. The Labute approximate surface area is 209 Å². The fourth-order valence-corrected chi connectivity index (χ4v) is 2.99. The van der Waals surface area contributed by atoms with E-state index in [-0.39, 0.29) is 77.8 Å². The van der Waals surface area contributed by atoms with Gasteiger partial charge in [0.15, 0.2) is 0 Å². The van der Waals surface area contributed by atoms with Gasteiger partial charge in [-0.1, -0.05) is 67.3 Å². The molecule has 4 rings (SSSR count). The third-order valence-electron chi connectivity index (χ3n) is 3.93. The summed E-state index contributed by atoms with van der Waals surface area (Å²) in [7, 11) is 0. The Morgan fingerprint density at radius 2 is 1.23 bits per heavy atom. The average Bonchev–Trinajstić information content (AvgIpc) is 3.20. The summed E-state index contributed by atoms with van der Waals surface area (Å²) < 4.78 is 0. The molecule has 0 aliphatic rings. The molecule has 0 N–H and O–H groups in total. The molecule has 172 valence electrons. The fourth-order valence-electron chi connectivity index (χ4n) is 2.99. The summed E-state index contributed by atoms with van der Waals surface area (Å²) in [5.41, 5.74) is 1.49. The minimum atomic E-state index is 0. The van der Waals surface area contributed by atoms with Gasteiger partial charge in [-0.3, -0.25) is 0 Å². The number of fused-ring (bicyclic) bond motifs is 3. The van der Waals surface area contributed by atoms with Gasteiger partial charge in [-0.15, -0.1) is 28.5 Å². The maximum Gasteiger partial charge on any atom is 0 e. The third-order valence-corrected chi connectivity index (χ3v) is 3.93. The van der Waals surface area contributed by atoms with E-state index in [9.17, 15) is 0 Å². The summed E-state index contributed by atoms with van der Waals surface area (Å²) in [5, 5.41) is 5.57. The smallest absolute Gasteiger partial charge is 0 e. The topological polar surface area (TPSA) is 0 Å². The molecule has 0 spiro atoms. The second kappa shape index (κ2) is 20.8. The summed E-state index contributed by atoms with van der Waals surface area (Å²) in [5.74, 6) is 0.708. The van der Waals surface area contributed by atoms with E-state index in [0.717, 1.165) is 6.42 Å². The Morgan fingerprint density at radius 1 is 0.700 bits per heavy atom. The number of benzene rings is 2. The minimum Gasteiger partial charge on any atom is -0.358 e. The van der Waals surface area contributed by atoms with E-state index < -0.39 is 0 Å². The molecule has 0 bridgehead atoms. The molecule has 0 aromatic heterocycles. The normalized spacial score (nSPS) is 7.97. The third kappa shape index (κ3) is 10.5. The summed E-state index contributed by atoms with van der Waals surface area (Å²) in [6, 6.07) is 27.7. The van der Waals surface area contributed by atoms with E-state index in [1.807, 2.05) is 30.3 Å². The number of hydrogen-bond acceptors (Lipinski definition) is 0. The van der Waals surface area contributed by atoms with Crippen LogP contribution in [0.5, 0.6) is 0 Å². The standard InChI is InChI=1S/C17H17.C5H5.7CH3.Hf/c1-12(2)11-15-10-9-14-8-7-13-5-3-4-6-16(13)17(14)15;1-2-4-5-3-1;;;;;;;;/h3-10,12H,11H2,1-2H3;1-5H;7*1H3;/q9*-1;. The van der Waals surface area contributed by atoms with Gasteiger partial charge in [-0.05, 0) is 0 Å². The summed E-state index contributed by atoms with van der Waals surface area (Å²) in [6.07, 6.45) is 1.16. The van der Waals surface area contributed by atoms with Gasteiger partial charge in [0.05, 0.1) is 0 Å². The summed E-state index contributed by atoms with van der Waals surface area (Å²) in [4.78, 5) is 0. The zero-order chi connectivity index (χ0) is 15.4. The van der Waals surface area contributed by atoms with Crippen molar-refractivity contribution in [2.24, 2.45) is 5.92 Å². The van der Waals surface area contributed by atoms with Crippen LogP contribution >= 0.6 is 0 Å². The van der Waals surface area contributed by atoms with E-state index in [1.54, 1.807) is 0 Å². The van der Waals surface area contributed by atoms with E-state index in [2.05, 4.69) is 62.4 Å². The van der Waals surface area contributed by atoms with Crippen LogP contribution in [0.3, 0.4) is 0 Å². The molecule has 0 nitrogen and oxygen atoms in total. The van der Waals surface area contributed by atoms with Crippen molar-refractivity contribution in [3.63, 3.8) is 0 Å². The Hall–Kier alpha value is -1.47. The van der Waals surface area contributed by atoms with Crippen LogP contribution in [0, 0.1) is 57.9 Å². The minimum absolute atomic E-state index is 0. The van der Waals surface area contributed by atoms with E-state index >= 15 is 0 Å². The van der Waals surface area contributed by atoms with Crippen LogP contribution in [-0.4, -0.2) is 0 Å². The molecule has 0 fully saturated rings. The molecular weight excluding hydrogens is 527 g/mol. The first-order chi connectivity index (χ1) is 10.8. The van der Waals surface area contributed by atoms with Gasteiger partial charge in [0.2, 0.25) is 0 Å². The zero-order valence-corrected chi connectivity index (χ0v) is 24.4. The van der Waals surface area contributed by atoms with Crippen LogP contribution in [0.25, 0.3) is 21.5 Å². The molecule has 0 aliphatic heterocycles. The predicted molar refractivity (Wildman–Crippen MR) is 143 cm³/mol. The SMILES string of the molecule is CC(C)C[c-]1ccc2ccc3ccccc3c21.[CH3-].[CH3-].[CH3-].[CH3-].[CH3-].[CH3-].[CH3-].[Hf].c1cc[cH-]c1. The Morgan fingerprint density at radius 3 is 1.73 bits per heavy atom. The molecule has 0 amide bonds. The molecular formula is C29H43Hf-9. The van der Waals surface area contributed by atoms with Gasteiger partial charge in [0.1, 0.15) is 0 Å². The monoisotopic (exact) mass is 571 g/mol. The first kappa shape index (κ1) is 42.6. The molecule has 0 atom stereocenters. The Balaban J connectivity index is -0.0000000997. The molecule has 1 heteroatoms. The molecule has 0 heterocycles. The number of rotatable bonds is 2. The van der Waals surface area contributed by atoms with Crippen molar-refractivity contribution < 1.29 is 25.8 Å². The van der Waals surface area contributed by atoms with Gasteiger partial charge in [0, 0.05) is 25.8 Å². The van der Waals surface area contributed by atoms with Crippen molar-refractivity contribution in [2.45, 2.75) is 20.3 Å². The number of hydrogen-bond donors (Lipinski definition) is 0. The zero-order valence-electron chi connectivity index (χ0n) is 20.8. The molecule has 0 radical (unpaired) electrons. The molecule has 0 saturated heterocycles. The molecule has 4 aromatic rings. The van der Waals surface area contributed by atoms with Gasteiger partial charge in [-0.2, -0.15) is 24.3 Å². The fraction of sp³-hybridized carbons (Fsp3) is 0.138. The predicted octanol–water partition coefficient (Wildman–Crippen LogP) is 9.47. The molecule has 0 aliphatic carbocycles. The van der Waals surface area contributed by atoms with Crippen LogP contribution in [0.15, 0.2) is 78.9 Å². The van der Waals surface area contributed by atoms with Crippen LogP contribution in [0.1, 0.15) is 19.4 Å². The van der Waals surface area contributed by atoms with Crippen LogP contribution in [0.4, 0.5) is 0 Å². The van der Waals surface area contributed by atoms with Crippen LogP contribution in [-0.2, 0) is 32.3 Å². The van der Waals surface area contributed by atoms with Gasteiger partial charge in [0.25, 0.3) is 0 Å². The maximum absolute atomic E-state index is 2.29.